The van der Waals surface area contributed by atoms with Crippen molar-refractivity contribution in [3.05, 3.63) is 15.6 Å². The van der Waals surface area contributed by atoms with Gasteiger partial charge in [-0.05, 0) is 60.4 Å². The summed E-state index contributed by atoms with van der Waals surface area (Å²) >= 11 is 1.95. The Morgan fingerprint density at radius 1 is 1.24 bits per heavy atom. The van der Waals surface area contributed by atoms with Crippen molar-refractivity contribution in [1.82, 2.24) is 15.2 Å². The van der Waals surface area contributed by atoms with E-state index in [0.717, 1.165) is 18.6 Å². The maximum Gasteiger partial charge on any atom is 0.0963 e. The lowest BCUT2D eigenvalue weighted by molar-refractivity contribution is 0.161. The topological polar surface area (TPSA) is 28.2 Å². The van der Waals surface area contributed by atoms with Gasteiger partial charge in [0.2, 0.25) is 0 Å². The quantitative estimate of drug-likeness (QED) is 0.923. The SMILES string of the molecule is Cc1nc(C2CC3CCC(C2)N3C)sc1CNC(C)(C)C. The number of aryl methyl sites for hydroxylation is 1. The highest BCUT2D eigenvalue weighted by atomic mass is 32.1. The van der Waals surface area contributed by atoms with Crippen LogP contribution in [0, 0.1) is 6.92 Å². The molecule has 0 radical (unpaired) electrons. The Hall–Kier alpha value is -0.450. The van der Waals surface area contributed by atoms with Crippen LogP contribution in [0.15, 0.2) is 0 Å². The summed E-state index contributed by atoms with van der Waals surface area (Å²) in [5.41, 5.74) is 1.40. The Morgan fingerprint density at radius 2 is 1.86 bits per heavy atom. The van der Waals surface area contributed by atoms with E-state index < -0.39 is 0 Å². The van der Waals surface area contributed by atoms with E-state index in [1.807, 2.05) is 11.3 Å². The molecule has 2 aliphatic rings. The van der Waals surface area contributed by atoms with Crippen LogP contribution in [0.4, 0.5) is 0 Å². The molecule has 0 saturated carbocycles. The zero-order chi connectivity index (χ0) is 15.2. The maximum atomic E-state index is 4.92. The maximum absolute atomic E-state index is 4.92. The monoisotopic (exact) mass is 307 g/mol. The largest absolute Gasteiger partial charge is 0.307 e. The molecule has 0 aliphatic carbocycles. The second kappa shape index (κ2) is 5.64. The highest BCUT2D eigenvalue weighted by Gasteiger charge is 2.39. The molecule has 2 aliphatic heterocycles. The zero-order valence-corrected chi connectivity index (χ0v) is 14.9. The molecule has 0 amide bonds. The Balaban J connectivity index is 1.70. The van der Waals surface area contributed by atoms with Crippen LogP contribution < -0.4 is 5.32 Å². The smallest absolute Gasteiger partial charge is 0.0963 e. The Kier molecular flexibility index (Phi) is 4.15. The van der Waals surface area contributed by atoms with Gasteiger partial charge in [-0.25, -0.2) is 4.98 Å². The van der Waals surface area contributed by atoms with Gasteiger partial charge in [-0.3, -0.25) is 0 Å². The summed E-state index contributed by atoms with van der Waals surface area (Å²) in [5.74, 6) is 0.700. The molecule has 21 heavy (non-hydrogen) atoms. The third-order valence-corrected chi connectivity index (χ3v) is 6.46. The second-order valence-corrected chi connectivity index (χ2v) is 9.00. The number of hydrogen-bond acceptors (Lipinski definition) is 4. The summed E-state index contributed by atoms with van der Waals surface area (Å²) in [6.45, 7) is 9.78. The number of piperidine rings is 1. The first-order chi connectivity index (χ1) is 9.83. The minimum Gasteiger partial charge on any atom is -0.307 e. The van der Waals surface area contributed by atoms with Crippen molar-refractivity contribution < 1.29 is 0 Å². The van der Waals surface area contributed by atoms with Crippen molar-refractivity contribution in [2.24, 2.45) is 0 Å². The summed E-state index contributed by atoms with van der Waals surface area (Å²) in [6.07, 6.45) is 5.40. The normalized spacial score (nSPS) is 30.0. The molecule has 4 heteroatoms. The van der Waals surface area contributed by atoms with E-state index in [0.29, 0.717) is 5.92 Å². The van der Waals surface area contributed by atoms with E-state index in [-0.39, 0.29) is 5.54 Å². The van der Waals surface area contributed by atoms with Crippen LogP contribution in [0.1, 0.15) is 68.0 Å². The average molecular weight is 308 g/mol. The molecule has 3 nitrogen and oxygen atoms in total. The van der Waals surface area contributed by atoms with Crippen LogP contribution in [0.25, 0.3) is 0 Å². The average Bonchev–Trinajstić information content (AvgIpc) is 2.83. The number of rotatable bonds is 3. The van der Waals surface area contributed by atoms with E-state index in [1.54, 1.807) is 0 Å². The lowest BCUT2D eigenvalue weighted by atomic mass is 9.92. The van der Waals surface area contributed by atoms with E-state index >= 15 is 0 Å². The van der Waals surface area contributed by atoms with Gasteiger partial charge < -0.3 is 10.2 Å². The molecule has 2 unspecified atom stereocenters. The van der Waals surface area contributed by atoms with Crippen LogP contribution in [0.2, 0.25) is 0 Å². The first-order valence-corrected chi connectivity index (χ1v) is 9.08. The molecule has 1 N–H and O–H groups in total. The molecule has 2 saturated heterocycles. The molecule has 0 aromatic carbocycles. The van der Waals surface area contributed by atoms with Gasteiger partial charge >= 0.3 is 0 Å². The fourth-order valence-corrected chi connectivity index (χ4v) is 4.88. The molecule has 0 spiro atoms. The van der Waals surface area contributed by atoms with E-state index in [4.69, 9.17) is 4.98 Å². The van der Waals surface area contributed by atoms with Crippen molar-refractivity contribution in [1.29, 1.82) is 0 Å². The van der Waals surface area contributed by atoms with Crippen molar-refractivity contribution in [2.75, 3.05) is 7.05 Å². The summed E-state index contributed by atoms with van der Waals surface area (Å²) < 4.78 is 0. The highest BCUT2D eigenvalue weighted by molar-refractivity contribution is 7.11. The summed E-state index contributed by atoms with van der Waals surface area (Å²) in [7, 11) is 2.31. The van der Waals surface area contributed by atoms with Crippen molar-refractivity contribution in [3.63, 3.8) is 0 Å². The number of nitrogens with zero attached hydrogens (tertiary/aromatic N) is 2. The molecule has 118 valence electrons. The Bertz CT molecular complexity index is 489. The lowest BCUT2D eigenvalue weighted by Crippen LogP contribution is -2.39. The van der Waals surface area contributed by atoms with Gasteiger partial charge in [-0.2, -0.15) is 0 Å². The number of nitrogens with one attached hydrogen (secondary N) is 1. The highest BCUT2D eigenvalue weighted by Crippen LogP contribution is 2.43. The second-order valence-electron chi connectivity index (χ2n) is 7.88. The van der Waals surface area contributed by atoms with Gasteiger partial charge in [0.25, 0.3) is 0 Å². The van der Waals surface area contributed by atoms with Gasteiger partial charge in [0.05, 0.1) is 10.7 Å². The lowest BCUT2D eigenvalue weighted by Gasteiger charge is -2.35. The Labute approximate surface area is 133 Å². The first kappa shape index (κ1) is 15.4. The zero-order valence-electron chi connectivity index (χ0n) is 14.1. The molecule has 2 bridgehead atoms. The minimum atomic E-state index is 0.170. The first-order valence-electron chi connectivity index (χ1n) is 8.26. The fraction of sp³-hybridized carbons (Fsp3) is 0.824. The number of fused-ring (bicyclic) bond motifs is 2. The van der Waals surface area contributed by atoms with Crippen molar-refractivity contribution in [2.45, 2.75) is 83.5 Å². The summed E-state index contributed by atoms with van der Waals surface area (Å²) in [4.78, 5) is 8.95. The minimum absolute atomic E-state index is 0.170. The van der Waals surface area contributed by atoms with Gasteiger partial charge in [-0.1, -0.05) is 0 Å². The molecule has 3 rings (SSSR count). The third-order valence-electron chi connectivity index (χ3n) is 5.14. The number of hydrogen-bond donors (Lipinski definition) is 1. The van der Waals surface area contributed by atoms with Crippen LogP contribution in [0.5, 0.6) is 0 Å². The summed E-state index contributed by atoms with van der Waals surface area (Å²) in [6, 6.07) is 1.60. The predicted molar refractivity (Wildman–Crippen MR) is 90.0 cm³/mol. The third kappa shape index (κ3) is 3.33. The van der Waals surface area contributed by atoms with Crippen molar-refractivity contribution in [3.8, 4) is 0 Å². The van der Waals surface area contributed by atoms with Crippen LogP contribution in [-0.2, 0) is 6.54 Å². The number of aromatic nitrogens is 1. The number of thiazole rings is 1. The fourth-order valence-electron chi connectivity index (χ4n) is 3.75. The van der Waals surface area contributed by atoms with E-state index in [9.17, 15) is 0 Å². The van der Waals surface area contributed by atoms with Gasteiger partial charge in [-0.15, -0.1) is 11.3 Å². The van der Waals surface area contributed by atoms with Crippen LogP contribution in [0.3, 0.4) is 0 Å². The molecule has 2 fully saturated rings. The van der Waals surface area contributed by atoms with E-state index in [1.165, 1.54) is 41.3 Å². The molecule has 1 aromatic heterocycles. The predicted octanol–water partition coefficient (Wildman–Crippen LogP) is 3.68. The summed E-state index contributed by atoms with van der Waals surface area (Å²) in [5, 5.41) is 4.99. The van der Waals surface area contributed by atoms with Crippen LogP contribution in [-0.4, -0.2) is 34.6 Å². The van der Waals surface area contributed by atoms with E-state index in [2.05, 4.69) is 45.0 Å². The molecular formula is C17H29N3S. The molecule has 3 heterocycles. The van der Waals surface area contributed by atoms with Crippen molar-refractivity contribution >= 4 is 11.3 Å². The van der Waals surface area contributed by atoms with Gasteiger partial charge in [0.15, 0.2) is 0 Å². The molecule has 1 aromatic rings. The molecular weight excluding hydrogens is 278 g/mol. The van der Waals surface area contributed by atoms with Gasteiger partial charge in [0.1, 0.15) is 0 Å². The molecule has 2 atom stereocenters. The van der Waals surface area contributed by atoms with Gasteiger partial charge in [0, 0.05) is 35.0 Å². The Morgan fingerprint density at radius 3 is 2.43 bits per heavy atom. The van der Waals surface area contributed by atoms with Crippen LogP contribution >= 0.6 is 11.3 Å². The standard InChI is InChI=1S/C17H29N3S/c1-11-15(10-18-17(2,3)4)21-16(19-11)12-8-13-6-7-14(9-12)20(13)5/h12-14,18H,6-10H2,1-5H3.